The van der Waals surface area contributed by atoms with Crippen LogP contribution in [0.25, 0.3) is 11.3 Å². The summed E-state index contributed by atoms with van der Waals surface area (Å²) in [6.45, 7) is 10.2. The number of hydrogen-bond donors (Lipinski definition) is 2. The Morgan fingerprint density at radius 1 is 1.03 bits per heavy atom. The predicted molar refractivity (Wildman–Crippen MR) is 119 cm³/mol. The molecular weight excluding hydrogens is 404 g/mol. The summed E-state index contributed by atoms with van der Waals surface area (Å²) in [4.78, 5) is 28.5. The van der Waals surface area contributed by atoms with E-state index in [2.05, 4.69) is 33.8 Å². The van der Waals surface area contributed by atoms with Gasteiger partial charge in [-0.3, -0.25) is 14.8 Å². The van der Waals surface area contributed by atoms with Crippen LogP contribution in [0.3, 0.4) is 0 Å². The third-order valence-electron chi connectivity index (χ3n) is 4.95. The van der Waals surface area contributed by atoms with Gasteiger partial charge >= 0.3 is 6.03 Å². The van der Waals surface area contributed by atoms with E-state index in [0.29, 0.717) is 30.3 Å². The van der Waals surface area contributed by atoms with Gasteiger partial charge in [0.15, 0.2) is 0 Å². The number of nitrogens with zero attached hydrogens (tertiary/aromatic N) is 4. The summed E-state index contributed by atoms with van der Waals surface area (Å²) in [5.41, 5.74) is 2.28. The van der Waals surface area contributed by atoms with E-state index in [1.165, 1.54) is 0 Å². The number of hydrogen-bond acceptors (Lipinski definition) is 4. The van der Waals surface area contributed by atoms with Gasteiger partial charge in [-0.1, -0.05) is 36.9 Å². The van der Waals surface area contributed by atoms with Crippen LogP contribution in [-0.4, -0.2) is 64.7 Å². The maximum absolute atomic E-state index is 12.5. The minimum atomic E-state index is -0.408. The number of likely N-dealkylation sites (N-methyl/N-ethyl adjacent to an activating group) is 1. The van der Waals surface area contributed by atoms with Gasteiger partial charge < -0.3 is 15.1 Å². The summed E-state index contributed by atoms with van der Waals surface area (Å²) < 4.78 is 1.63. The van der Waals surface area contributed by atoms with Crippen molar-refractivity contribution in [2.24, 2.45) is 7.05 Å². The number of urea groups is 1. The monoisotopic (exact) mass is 428 g/mol. The molecule has 1 aromatic carbocycles. The number of rotatable bonds is 5. The van der Waals surface area contributed by atoms with Crippen LogP contribution in [0, 0.1) is 0 Å². The summed E-state index contributed by atoms with van der Waals surface area (Å²) in [5, 5.41) is 10.2. The number of nitrogens with one attached hydrogen (secondary N) is 2. The zero-order chi connectivity index (χ0) is 21.8. The molecule has 1 fully saturated rings. The second-order valence-corrected chi connectivity index (χ2v) is 7.63. The maximum atomic E-state index is 12.5. The molecule has 1 aromatic heterocycles. The first-order valence-corrected chi connectivity index (χ1v) is 9.86. The number of amides is 3. The fourth-order valence-electron chi connectivity index (χ4n) is 2.98. The van der Waals surface area contributed by atoms with Crippen LogP contribution in [0.5, 0.6) is 0 Å². The predicted octanol–water partition coefficient (Wildman–Crippen LogP) is 3.11. The van der Waals surface area contributed by atoms with Crippen molar-refractivity contribution in [1.29, 1.82) is 0 Å². The van der Waals surface area contributed by atoms with Gasteiger partial charge in [-0.25, -0.2) is 4.79 Å². The largest absolute Gasteiger partial charge is 0.323 e. The molecule has 2 aromatic rings. The topological polar surface area (TPSA) is 82.5 Å². The SMILES string of the molecule is C=C(Cl)C(=C)C(=O)Nc1ccc(-c2cc(NC(=O)N3CCN(C)CC3)n(C)n2)cc1. The van der Waals surface area contributed by atoms with E-state index in [9.17, 15) is 9.59 Å². The van der Waals surface area contributed by atoms with Crippen LogP contribution in [0.15, 0.2) is 54.1 Å². The van der Waals surface area contributed by atoms with Crippen molar-refractivity contribution in [2.75, 3.05) is 43.9 Å². The van der Waals surface area contributed by atoms with Crippen molar-refractivity contribution < 1.29 is 9.59 Å². The molecule has 0 unspecified atom stereocenters. The van der Waals surface area contributed by atoms with Crippen LogP contribution < -0.4 is 10.6 Å². The highest BCUT2D eigenvalue weighted by atomic mass is 35.5. The molecular formula is C21H25ClN6O2. The van der Waals surface area contributed by atoms with E-state index in [0.717, 1.165) is 18.7 Å². The summed E-state index contributed by atoms with van der Waals surface area (Å²) in [5.74, 6) is 0.206. The molecule has 0 radical (unpaired) electrons. The minimum absolute atomic E-state index is 0.101. The van der Waals surface area contributed by atoms with Gasteiger partial charge in [-0.05, 0) is 19.2 Å². The second kappa shape index (κ2) is 9.15. The second-order valence-electron chi connectivity index (χ2n) is 7.17. The Morgan fingerprint density at radius 3 is 2.27 bits per heavy atom. The lowest BCUT2D eigenvalue weighted by molar-refractivity contribution is -0.112. The third-order valence-corrected chi connectivity index (χ3v) is 5.17. The molecule has 2 heterocycles. The fraction of sp³-hybridized carbons (Fsp3) is 0.286. The summed E-state index contributed by atoms with van der Waals surface area (Å²) in [6, 6.07) is 8.88. The average Bonchev–Trinajstić information content (AvgIpc) is 3.08. The van der Waals surface area contributed by atoms with Gasteiger partial charge in [0.05, 0.1) is 11.3 Å². The molecule has 3 rings (SSSR count). The lowest BCUT2D eigenvalue weighted by Crippen LogP contribution is -2.48. The normalized spacial score (nSPS) is 14.3. The van der Waals surface area contributed by atoms with Gasteiger partial charge in [-0.2, -0.15) is 5.10 Å². The third kappa shape index (κ3) is 5.08. The number of halogens is 1. The van der Waals surface area contributed by atoms with Gasteiger partial charge in [0.1, 0.15) is 5.82 Å². The molecule has 1 aliphatic rings. The first kappa shape index (κ1) is 21.6. The van der Waals surface area contributed by atoms with Crippen LogP contribution in [0.1, 0.15) is 0 Å². The molecule has 158 valence electrons. The first-order valence-electron chi connectivity index (χ1n) is 9.48. The van der Waals surface area contributed by atoms with E-state index in [1.807, 2.05) is 25.2 Å². The van der Waals surface area contributed by atoms with Crippen LogP contribution in [0.2, 0.25) is 0 Å². The van der Waals surface area contributed by atoms with Gasteiger partial charge in [0.25, 0.3) is 5.91 Å². The molecule has 8 nitrogen and oxygen atoms in total. The lowest BCUT2D eigenvalue weighted by Gasteiger charge is -2.32. The molecule has 2 N–H and O–H groups in total. The molecule has 0 saturated carbocycles. The standard InChI is InChI=1S/C21H25ClN6O2/c1-14(15(2)22)20(29)23-17-7-5-16(6-8-17)18-13-19(27(4)25-18)24-21(30)28-11-9-26(3)10-12-28/h5-8,13H,1-2,9-12H2,3-4H3,(H,23,29)(H,24,30). The van der Waals surface area contributed by atoms with Crippen LogP contribution in [-0.2, 0) is 11.8 Å². The van der Waals surface area contributed by atoms with Crippen molar-refractivity contribution in [3.05, 3.63) is 54.1 Å². The van der Waals surface area contributed by atoms with Crippen molar-refractivity contribution in [3.8, 4) is 11.3 Å². The minimum Gasteiger partial charge on any atom is -0.322 e. The Kier molecular flexibility index (Phi) is 6.59. The van der Waals surface area contributed by atoms with Gasteiger partial charge in [-0.15, -0.1) is 0 Å². The van der Waals surface area contributed by atoms with Crippen molar-refractivity contribution in [2.45, 2.75) is 0 Å². The van der Waals surface area contributed by atoms with Crippen molar-refractivity contribution in [3.63, 3.8) is 0 Å². The highest BCUT2D eigenvalue weighted by Gasteiger charge is 2.20. The quantitative estimate of drug-likeness (QED) is 0.566. The number of anilines is 2. The van der Waals surface area contributed by atoms with Crippen LogP contribution >= 0.6 is 11.6 Å². The van der Waals surface area contributed by atoms with Crippen LogP contribution in [0.4, 0.5) is 16.3 Å². The Hall–Kier alpha value is -3.10. The smallest absolute Gasteiger partial charge is 0.322 e. The highest BCUT2D eigenvalue weighted by Crippen LogP contribution is 2.24. The van der Waals surface area contributed by atoms with E-state index in [1.54, 1.807) is 28.8 Å². The molecule has 1 saturated heterocycles. The number of piperazine rings is 1. The van der Waals surface area contributed by atoms with E-state index in [4.69, 9.17) is 11.6 Å². The Balaban J connectivity index is 1.66. The van der Waals surface area contributed by atoms with Gasteiger partial charge in [0.2, 0.25) is 0 Å². The number of aryl methyl sites for hydroxylation is 1. The first-order chi connectivity index (χ1) is 14.2. The Bertz CT molecular complexity index is 974. The average molecular weight is 429 g/mol. The summed E-state index contributed by atoms with van der Waals surface area (Å²) in [7, 11) is 3.83. The zero-order valence-electron chi connectivity index (χ0n) is 17.1. The number of carbonyl (C=O) groups is 2. The number of aromatic nitrogens is 2. The zero-order valence-corrected chi connectivity index (χ0v) is 17.9. The van der Waals surface area contributed by atoms with E-state index >= 15 is 0 Å². The molecule has 1 aliphatic heterocycles. The van der Waals surface area contributed by atoms with E-state index in [-0.39, 0.29) is 16.6 Å². The molecule has 0 spiro atoms. The summed E-state index contributed by atoms with van der Waals surface area (Å²) in [6.07, 6.45) is 0. The van der Waals surface area contributed by atoms with Crippen molar-refractivity contribution in [1.82, 2.24) is 19.6 Å². The molecule has 0 aliphatic carbocycles. The molecule has 30 heavy (non-hydrogen) atoms. The Labute approximate surface area is 180 Å². The Morgan fingerprint density at radius 2 is 1.67 bits per heavy atom. The molecule has 9 heteroatoms. The highest BCUT2D eigenvalue weighted by molar-refractivity contribution is 6.35. The number of benzene rings is 1. The lowest BCUT2D eigenvalue weighted by atomic mass is 10.1. The van der Waals surface area contributed by atoms with Gasteiger partial charge in [0, 0.05) is 55.6 Å². The fourth-order valence-corrected chi connectivity index (χ4v) is 3.06. The molecule has 0 atom stereocenters. The maximum Gasteiger partial charge on any atom is 0.323 e. The molecule has 3 amide bonds. The van der Waals surface area contributed by atoms with Crippen molar-refractivity contribution >= 4 is 35.0 Å². The summed E-state index contributed by atoms with van der Waals surface area (Å²) >= 11 is 5.70. The number of carbonyl (C=O) groups excluding carboxylic acids is 2. The molecule has 0 bridgehead atoms. The van der Waals surface area contributed by atoms with E-state index < -0.39 is 5.91 Å².